The second-order valence-corrected chi connectivity index (χ2v) is 5.56. The van der Waals surface area contributed by atoms with E-state index in [2.05, 4.69) is 38.7 Å². The molecule has 2 aromatic rings. The van der Waals surface area contributed by atoms with Crippen LogP contribution in [0.25, 0.3) is 0 Å². The van der Waals surface area contributed by atoms with Crippen molar-refractivity contribution in [2.45, 2.75) is 26.3 Å². The molecule has 0 spiro atoms. The predicted octanol–water partition coefficient (Wildman–Crippen LogP) is 1.95. The standard InChI is InChI=1S/C13H17N5S/c1-2-10-12(17-14)15-8-16-13(10)18-5-3-11-9(7-18)4-6-19-11/h4,6,8H,2-3,5,7,14H2,1H3,(H,15,16,17). The summed E-state index contributed by atoms with van der Waals surface area (Å²) in [5.41, 5.74) is 5.17. The highest BCUT2D eigenvalue weighted by molar-refractivity contribution is 7.10. The molecule has 3 N–H and O–H groups in total. The first kappa shape index (κ1) is 12.4. The van der Waals surface area contributed by atoms with Crippen LogP contribution in [-0.2, 0) is 19.4 Å². The van der Waals surface area contributed by atoms with Gasteiger partial charge in [-0.1, -0.05) is 6.92 Å². The van der Waals surface area contributed by atoms with Crippen molar-refractivity contribution >= 4 is 23.0 Å². The third-order valence-electron chi connectivity index (χ3n) is 3.52. The predicted molar refractivity (Wildman–Crippen MR) is 78.3 cm³/mol. The van der Waals surface area contributed by atoms with E-state index in [0.717, 1.165) is 43.1 Å². The monoisotopic (exact) mass is 275 g/mol. The highest BCUT2D eigenvalue weighted by Gasteiger charge is 2.21. The van der Waals surface area contributed by atoms with Gasteiger partial charge in [-0.25, -0.2) is 15.8 Å². The van der Waals surface area contributed by atoms with Crippen LogP contribution in [0.4, 0.5) is 11.6 Å². The van der Waals surface area contributed by atoms with Crippen molar-refractivity contribution in [1.82, 2.24) is 9.97 Å². The number of fused-ring (bicyclic) bond motifs is 1. The molecule has 100 valence electrons. The number of nitrogens with zero attached hydrogens (tertiary/aromatic N) is 3. The second kappa shape index (κ2) is 5.14. The van der Waals surface area contributed by atoms with Crippen LogP contribution in [0.15, 0.2) is 17.8 Å². The number of nitrogens with one attached hydrogen (secondary N) is 1. The average Bonchev–Trinajstić information content (AvgIpc) is 2.93. The Morgan fingerprint density at radius 1 is 1.47 bits per heavy atom. The van der Waals surface area contributed by atoms with Crippen LogP contribution in [0, 0.1) is 0 Å². The summed E-state index contributed by atoms with van der Waals surface area (Å²) in [6.45, 7) is 4.03. The fourth-order valence-corrected chi connectivity index (χ4v) is 3.44. The number of hydrogen-bond donors (Lipinski definition) is 2. The van der Waals surface area contributed by atoms with E-state index in [1.165, 1.54) is 10.4 Å². The summed E-state index contributed by atoms with van der Waals surface area (Å²) in [5.74, 6) is 7.26. The van der Waals surface area contributed by atoms with Crippen molar-refractivity contribution in [2.75, 3.05) is 16.9 Å². The van der Waals surface area contributed by atoms with Gasteiger partial charge in [-0.15, -0.1) is 11.3 Å². The number of thiophene rings is 1. The molecule has 3 rings (SSSR count). The second-order valence-electron chi connectivity index (χ2n) is 4.56. The van der Waals surface area contributed by atoms with Gasteiger partial charge in [0.1, 0.15) is 18.0 Å². The van der Waals surface area contributed by atoms with Crippen LogP contribution < -0.4 is 16.2 Å². The fourth-order valence-electron chi connectivity index (χ4n) is 2.55. The molecule has 5 nitrogen and oxygen atoms in total. The Morgan fingerprint density at radius 3 is 3.16 bits per heavy atom. The van der Waals surface area contributed by atoms with Crippen molar-refractivity contribution < 1.29 is 0 Å². The minimum absolute atomic E-state index is 0.726. The van der Waals surface area contributed by atoms with Gasteiger partial charge in [0.2, 0.25) is 0 Å². The molecule has 0 fully saturated rings. The summed E-state index contributed by atoms with van der Waals surface area (Å²) in [6, 6.07) is 2.21. The molecule has 6 heteroatoms. The summed E-state index contributed by atoms with van der Waals surface area (Å²) >= 11 is 1.85. The first-order chi connectivity index (χ1) is 9.33. The number of anilines is 2. The molecule has 0 atom stereocenters. The Labute approximate surface area is 116 Å². The van der Waals surface area contributed by atoms with E-state index in [0.29, 0.717) is 0 Å². The average molecular weight is 275 g/mol. The van der Waals surface area contributed by atoms with Crippen LogP contribution >= 0.6 is 11.3 Å². The van der Waals surface area contributed by atoms with E-state index >= 15 is 0 Å². The Bertz CT molecular complexity index is 580. The van der Waals surface area contributed by atoms with Crippen molar-refractivity contribution in [3.8, 4) is 0 Å². The molecule has 1 aliphatic rings. The summed E-state index contributed by atoms with van der Waals surface area (Å²) in [4.78, 5) is 12.5. The van der Waals surface area contributed by atoms with E-state index in [9.17, 15) is 0 Å². The molecule has 0 saturated heterocycles. The van der Waals surface area contributed by atoms with Crippen LogP contribution in [0.2, 0.25) is 0 Å². The van der Waals surface area contributed by atoms with E-state index in [4.69, 9.17) is 5.84 Å². The van der Waals surface area contributed by atoms with Crippen molar-refractivity contribution in [3.05, 3.63) is 33.8 Å². The molecule has 0 amide bonds. The minimum Gasteiger partial charge on any atom is -0.351 e. The third-order valence-corrected chi connectivity index (χ3v) is 4.54. The van der Waals surface area contributed by atoms with Crippen LogP contribution in [0.5, 0.6) is 0 Å². The lowest BCUT2D eigenvalue weighted by atomic mass is 10.1. The van der Waals surface area contributed by atoms with Crippen LogP contribution in [0.3, 0.4) is 0 Å². The van der Waals surface area contributed by atoms with Gasteiger partial charge < -0.3 is 10.3 Å². The van der Waals surface area contributed by atoms with Gasteiger partial charge in [-0.05, 0) is 29.9 Å². The molecule has 0 radical (unpaired) electrons. The summed E-state index contributed by atoms with van der Waals surface area (Å²) < 4.78 is 0. The number of rotatable bonds is 3. The first-order valence-electron chi connectivity index (χ1n) is 6.44. The largest absolute Gasteiger partial charge is 0.351 e. The summed E-state index contributed by atoms with van der Waals surface area (Å²) in [6.07, 6.45) is 3.53. The summed E-state index contributed by atoms with van der Waals surface area (Å²) in [7, 11) is 0. The van der Waals surface area contributed by atoms with Gasteiger partial charge in [0.15, 0.2) is 0 Å². The lowest BCUT2D eigenvalue weighted by molar-refractivity contribution is 0.724. The van der Waals surface area contributed by atoms with Gasteiger partial charge >= 0.3 is 0 Å². The number of hydrazine groups is 1. The smallest absolute Gasteiger partial charge is 0.148 e. The first-order valence-corrected chi connectivity index (χ1v) is 7.32. The zero-order chi connectivity index (χ0) is 13.2. The molecule has 0 aliphatic carbocycles. The van der Waals surface area contributed by atoms with E-state index in [1.54, 1.807) is 6.33 Å². The molecule has 0 aromatic carbocycles. The zero-order valence-corrected chi connectivity index (χ0v) is 11.7. The highest BCUT2D eigenvalue weighted by Crippen LogP contribution is 2.30. The molecule has 1 aliphatic heterocycles. The molecule has 0 saturated carbocycles. The van der Waals surface area contributed by atoms with Gasteiger partial charge in [0.05, 0.1) is 0 Å². The lowest BCUT2D eigenvalue weighted by Crippen LogP contribution is -2.31. The molecular formula is C13H17N5S. The molecule has 19 heavy (non-hydrogen) atoms. The minimum atomic E-state index is 0.726. The zero-order valence-electron chi connectivity index (χ0n) is 10.9. The summed E-state index contributed by atoms with van der Waals surface area (Å²) in [5, 5.41) is 2.17. The van der Waals surface area contributed by atoms with Crippen LogP contribution in [-0.4, -0.2) is 16.5 Å². The molecular weight excluding hydrogens is 258 g/mol. The molecule has 0 unspecified atom stereocenters. The lowest BCUT2D eigenvalue weighted by Gasteiger charge is -2.29. The Balaban J connectivity index is 1.95. The maximum absolute atomic E-state index is 5.53. The maximum Gasteiger partial charge on any atom is 0.148 e. The van der Waals surface area contributed by atoms with Gasteiger partial charge in [0.25, 0.3) is 0 Å². The van der Waals surface area contributed by atoms with Crippen LogP contribution in [0.1, 0.15) is 22.9 Å². The quantitative estimate of drug-likeness (QED) is 0.662. The number of nitrogens with two attached hydrogens (primary N) is 1. The van der Waals surface area contributed by atoms with Gasteiger partial charge in [-0.3, -0.25) is 0 Å². The molecule has 0 bridgehead atoms. The molecule has 2 aromatic heterocycles. The van der Waals surface area contributed by atoms with Crippen molar-refractivity contribution in [3.63, 3.8) is 0 Å². The molecule has 3 heterocycles. The number of aromatic nitrogens is 2. The third kappa shape index (κ3) is 2.17. The Hall–Kier alpha value is -1.66. The fraction of sp³-hybridized carbons (Fsp3) is 0.385. The van der Waals surface area contributed by atoms with E-state index in [-0.39, 0.29) is 0 Å². The number of hydrogen-bond acceptors (Lipinski definition) is 6. The number of nitrogen functional groups attached to an aromatic ring is 1. The van der Waals surface area contributed by atoms with Gasteiger partial charge in [-0.2, -0.15) is 0 Å². The SMILES string of the molecule is CCc1c(NN)ncnc1N1CCc2sccc2C1. The van der Waals surface area contributed by atoms with Crippen molar-refractivity contribution in [2.24, 2.45) is 5.84 Å². The van der Waals surface area contributed by atoms with E-state index in [1.807, 2.05) is 11.3 Å². The Kier molecular flexibility index (Phi) is 3.35. The maximum atomic E-state index is 5.53. The van der Waals surface area contributed by atoms with E-state index < -0.39 is 0 Å². The van der Waals surface area contributed by atoms with Gasteiger partial charge in [0, 0.05) is 23.5 Å². The van der Waals surface area contributed by atoms with Crippen molar-refractivity contribution in [1.29, 1.82) is 0 Å². The Morgan fingerprint density at radius 2 is 2.37 bits per heavy atom. The normalized spacial score (nSPS) is 14.3. The highest BCUT2D eigenvalue weighted by atomic mass is 32.1. The topological polar surface area (TPSA) is 67.1 Å².